The van der Waals surface area contributed by atoms with Crippen molar-refractivity contribution in [3.8, 4) is 5.75 Å². The lowest BCUT2D eigenvalue weighted by Gasteiger charge is -2.23. The van der Waals surface area contributed by atoms with Crippen LogP contribution in [0.25, 0.3) is 10.9 Å². The Labute approximate surface area is 184 Å². The molecule has 2 aromatic heterocycles. The van der Waals surface area contributed by atoms with Gasteiger partial charge in [0.2, 0.25) is 0 Å². The van der Waals surface area contributed by atoms with Crippen molar-refractivity contribution in [1.82, 2.24) is 9.88 Å². The predicted octanol–water partition coefficient (Wildman–Crippen LogP) is 5.14. The lowest BCUT2D eigenvalue weighted by Crippen LogP contribution is -2.35. The maximum atomic E-state index is 13.2. The number of aryl methyl sites for hydroxylation is 1. The van der Waals surface area contributed by atoms with Gasteiger partial charge >= 0.3 is 6.03 Å². The molecular weight excluding hydrogens is 410 g/mol. The van der Waals surface area contributed by atoms with Crippen LogP contribution in [0.3, 0.4) is 0 Å². The Morgan fingerprint density at radius 1 is 1.10 bits per heavy atom. The van der Waals surface area contributed by atoms with E-state index in [1.54, 1.807) is 35.5 Å². The number of carbonyl (C=O) groups is 1. The van der Waals surface area contributed by atoms with Gasteiger partial charge in [0, 0.05) is 10.4 Å². The molecule has 0 saturated heterocycles. The number of aromatic nitrogens is 1. The molecule has 2 aromatic carbocycles. The number of thiophene rings is 1. The number of ether oxygens (including phenoxy) is 1. The van der Waals surface area contributed by atoms with E-state index in [1.807, 2.05) is 60.8 Å². The fourth-order valence-corrected chi connectivity index (χ4v) is 4.20. The minimum Gasteiger partial charge on any atom is -0.495 e. The van der Waals surface area contributed by atoms with Crippen molar-refractivity contribution in [2.45, 2.75) is 20.0 Å². The van der Waals surface area contributed by atoms with E-state index < -0.39 is 0 Å². The van der Waals surface area contributed by atoms with Crippen LogP contribution in [-0.2, 0) is 13.1 Å². The third-order valence-corrected chi connectivity index (χ3v) is 5.95. The van der Waals surface area contributed by atoms with Crippen molar-refractivity contribution in [1.29, 1.82) is 0 Å². The summed E-state index contributed by atoms with van der Waals surface area (Å²) in [6.45, 7) is 2.53. The zero-order chi connectivity index (χ0) is 21.8. The van der Waals surface area contributed by atoms with Gasteiger partial charge in [0.1, 0.15) is 5.75 Å². The SMILES string of the molecule is COc1ccccc1NC(=O)N(Cc1cccs1)Cc1cc2cccc(C)c2[nH]c1=O. The second-order valence-corrected chi connectivity index (χ2v) is 8.26. The maximum Gasteiger partial charge on any atom is 0.322 e. The van der Waals surface area contributed by atoms with Crippen molar-refractivity contribution < 1.29 is 9.53 Å². The summed E-state index contributed by atoms with van der Waals surface area (Å²) in [6, 6.07) is 18.6. The molecule has 2 heterocycles. The molecule has 158 valence electrons. The van der Waals surface area contributed by atoms with Crippen LogP contribution in [0.1, 0.15) is 16.0 Å². The number of fused-ring (bicyclic) bond motifs is 1. The van der Waals surface area contributed by atoms with E-state index in [0.717, 1.165) is 21.3 Å². The molecule has 4 aromatic rings. The molecule has 0 radical (unpaired) electrons. The van der Waals surface area contributed by atoms with Crippen LogP contribution in [0.2, 0.25) is 0 Å². The molecule has 0 bridgehead atoms. The number of urea groups is 1. The Bertz CT molecular complexity index is 1260. The number of pyridine rings is 1. The lowest BCUT2D eigenvalue weighted by atomic mass is 10.1. The van der Waals surface area contributed by atoms with E-state index >= 15 is 0 Å². The highest BCUT2D eigenvalue weighted by molar-refractivity contribution is 7.09. The van der Waals surface area contributed by atoms with Crippen LogP contribution in [-0.4, -0.2) is 23.0 Å². The van der Waals surface area contributed by atoms with E-state index in [0.29, 0.717) is 23.5 Å². The zero-order valence-electron chi connectivity index (χ0n) is 17.3. The van der Waals surface area contributed by atoms with Gasteiger partial charge in [-0.2, -0.15) is 0 Å². The lowest BCUT2D eigenvalue weighted by molar-refractivity contribution is 0.206. The van der Waals surface area contributed by atoms with Gasteiger partial charge in [-0.3, -0.25) is 4.79 Å². The topological polar surface area (TPSA) is 74.4 Å². The van der Waals surface area contributed by atoms with E-state index in [4.69, 9.17) is 4.74 Å². The standard InChI is InChI=1S/C24H23N3O3S/c1-16-7-5-8-17-13-18(23(28)26-22(16)17)14-27(15-19-9-6-12-31-19)24(29)25-20-10-3-4-11-21(20)30-2/h3-13H,14-15H2,1-2H3,(H,25,29)(H,26,28). The number of anilines is 1. The Hall–Kier alpha value is -3.58. The van der Waals surface area contributed by atoms with Crippen LogP contribution >= 0.6 is 11.3 Å². The summed E-state index contributed by atoms with van der Waals surface area (Å²) in [5.41, 5.74) is 2.74. The molecule has 4 rings (SSSR count). The molecule has 2 N–H and O–H groups in total. The Morgan fingerprint density at radius 3 is 2.71 bits per heavy atom. The third kappa shape index (κ3) is 4.62. The van der Waals surface area contributed by atoms with Crippen LogP contribution in [0, 0.1) is 6.92 Å². The number of para-hydroxylation sites is 3. The Balaban J connectivity index is 1.65. The van der Waals surface area contributed by atoms with Crippen molar-refractivity contribution in [3.05, 3.63) is 92.4 Å². The van der Waals surface area contributed by atoms with Crippen molar-refractivity contribution in [2.75, 3.05) is 12.4 Å². The Kier molecular flexibility index (Phi) is 6.04. The molecule has 2 amide bonds. The highest BCUT2D eigenvalue weighted by Crippen LogP contribution is 2.24. The summed E-state index contributed by atoms with van der Waals surface area (Å²) in [7, 11) is 1.56. The molecular formula is C24H23N3O3S. The minimum absolute atomic E-state index is 0.179. The quantitative estimate of drug-likeness (QED) is 0.442. The molecule has 0 unspecified atom stereocenters. The van der Waals surface area contributed by atoms with Gasteiger partial charge in [0.15, 0.2) is 0 Å². The normalized spacial score (nSPS) is 10.8. The second-order valence-electron chi connectivity index (χ2n) is 7.23. The number of hydrogen-bond acceptors (Lipinski definition) is 4. The summed E-state index contributed by atoms with van der Waals surface area (Å²) in [5, 5.41) is 5.82. The molecule has 0 atom stereocenters. The first kappa shape index (κ1) is 20.7. The maximum absolute atomic E-state index is 13.2. The number of aromatic amines is 1. The minimum atomic E-state index is -0.304. The number of carbonyl (C=O) groups excluding carboxylic acids is 1. The molecule has 31 heavy (non-hydrogen) atoms. The number of benzene rings is 2. The summed E-state index contributed by atoms with van der Waals surface area (Å²) in [6.07, 6.45) is 0. The summed E-state index contributed by atoms with van der Waals surface area (Å²) in [5.74, 6) is 0.575. The molecule has 0 aliphatic heterocycles. The molecule has 7 heteroatoms. The number of methoxy groups -OCH3 is 1. The van der Waals surface area contributed by atoms with Gasteiger partial charge < -0.3 is 19.9 Å². The first-order valence-corrected chi connectivity index (χ1v) is 10.8. The monoisotopic (exact) mass is 433 g/mol. The fourth-order valence-electron chi connectivity index (χ4n) is 3.48. The van der Waals surface area contributed by atoms with E-state index in [1.165, 1.54) is 0 Å². The number of H-pyrrole nitrogens is 1. The average Bonchev–Trinajstić information content (AvgIpc) is 3.28. The van der Waals surface area contributed by atoms with Gasteiger partial charge in [0.25, 0.3) is 5.56 Å². The van der Waals surface area contributed by atoms with E-state index in [2.05, 4.69) is 10.3 Å². The highest BCUT2D eigenvalue weighted by atomic mass is 32.1. The van der Waals surface area contributed by atoms with Crippen molar-refractivity contribution in [2.24, 2.45) is 0 Å². The van der Waals surface area contributed by atoms with Crippen LogP contribution in [0.4, 0.5) is 10.5 Å². The molecule has 0 aliphatic carbocycles. The first-order chi connectivity index (χ1) is 15.0. The number of nitrogens with one attached hydrogen (secondary N) is 2. The Morgan fingerprint density at radius 2 is 1.94 bits per heavy atom. The summed E-state index contributed by atoms with van der Waals surface area (Å²) in [4.78, 5) is 31.6. The summed E-state index contributed by atoms with van der Waals surface area (Å²) >= 11 is 1.57. The predicted molar refractivity (Wildman–Crippen MR) is 125 cm³/mol. The molecule has 0 spiro atoms. The number of rotatable bonds is 6. The molecule has 0 aliphatic rings. The van der Waals surface area contributed by atoms with Crippen molar-refractivity contribution >= 4 is 34.0 Å². The molecule has 0 fully saturated rings. The number of amides is 2. The number of nitrogens with zero attached hydrogens (tertiary/aromatic N) is 1. The van der Waals surface area contributed by atoms with Gasteiger partial charge in [-0.25, -0.2) is 4.79 Å². The van der Waals surface area contributed by atoms with E-state index in [-0.39, 0.29) is 18.1 Å². The van der Waals surface area contributed by atoms with Gasteiger partial charge in [-0.15, -0.1) is 11.3 Å². The second kappa shape index (κ2) is 9.06. The van der Waals surface area contributed by atoms with Crippen molar-refractivity contribution in [3.63, 3.8) is 0 Å². The largest absolute Gasteiger partial charge is 0.495 e. The van der Waals surface area contributed by atoms with Gasteiger partial charge in [-0.1, -0.05) is 36.4 Å². The highest BCUT2D eigenvalue weighted by Gasteiger charge is 2.19. The first-order valence-electron chi connectivity index (χ1n) is 9.88. The van der Waals surface area contributed by atoms with Crippen LogP contribution in [0.5, 0.6) is 5.75 Å². The fraction of sp³-hybridized carbons (Fsp3) is 0.167. The average molecular weight is 434 g/mol. The molecule has 6 nitrogen and oxygen atoms in total. The molecule has 0 saturated carbocycles. The third-order valence-electron chi connectivity index (χ3n) is 5.09. The smallest absolute Gasteiger partial charge is 0.322 e. The van der Waals surface area contributed by atoms with E-state index in [9.17, 15) is 9.59 Å². The number of hydrogen-bond donors (Lipinski definition) is 2. The summed E-state index contributed by atoms with van der Waals surface area (Å²) < 4.78 is 5.34. The van der Waals surface area contributed by atoms with Gasteiger partial charge in [0.05, 0.1) is 31.4 Å². The van der Waals surface area contributed by atoms with Gasteiger partial charge in [-0.05, 0) is 47.5 Å². The van der Waals surface area contributed by atoms with Crippen LogP contribution in [0.15, 0.2) is 70.8 Å². The van der Waals surface area contributed by atoms with Crippen LogP contribution < -0.4 is 15.6 Å². The zero-order valence-corrected chi connectivity index (χ0v) is 18.2.